The molecule has 0 saturated carbocycles. The maximum Gasteiger partial charge on any atom is 0.311 e. The maximum atomic E-state index is 11.9. The number of hydrogen-bond donors (Lipinski definition) is 1. The molecule has 0 aromatic carbocycles. The molecule has 0 aromatic rings. The van der Waals surface area contributed by atoms with Crippen LogP contribution < -0.4 is 0 Å². The van der Waals surface area contributed by atoms with Gasteiger partial charge in [-0.05, 0) is 25.7 Å². The van der Waals surface area contributed by atoms with E-state index in [1.54, 1.807) is 13.8 Å². The zero-order chi connectivity index (χ0) is 13.8. The van der Waals surface area contributed by atoms with Gasteiger partial charge in [-0.2, -0.15) is 0 Å². The lowest BCUT2D eigenvalue weighted by Gasteiger charge is -2.32. The van der Waals surface area contributed by atoms with Crippen molar-refractivity contribution in [2.75, 3.05) is 6.54 Å². The maximum absolute atomic E-state index is 11.9. The molecule has 1 saturated heterocycles. The number of aliphatic carboxylic acids is 1. The number of rotatable bonds is 5. The highest BCUT2D eigenvalue weighted by Gasteiger charge is 2.40. The summed E-state index contributed by atoms with van der Waals surface area (Å²) in [7, 11) is 0. The summed E-state index contributed by atoms with van der Waals surface area (Å²) in [6.45, 7) is 3.57. The van der Waals surface area contributed by atoms with Gasteiger partial charge in [-0.25, -0.2) is 0 Å². The lowest BCUT2D eigenvalue weighted by molar-refractivity contribution is -0.155. The summed E-state index contributed by atoms with van der Waals surface area (Å²) in [6.07, 6.45) is 2.92. The van der Waals surface area contributed by atoms with Crippen molar-refractivity contribution in [1.82, 2.24) is 4.90 Å². The number of hydrogen-bond acceptors (Lipinski definition) is 3. The van der Waals surface area contributed by atoms with Crippen LogP contribution in [0.1, 0.15) is 52.4 Å². The van der Waals surface area contributed by atoms with Gasteiger partial charge in [-0.15, -0.1) is 0 Å². The first-order chi connectivity index (χ1) is 8.46. The largest absolute Gasteiger partial charge is 0.481 e. The number of imide groups is 1. The fourth-order valence-electron chi connectivity index (χ4n) is 2.28. The molecule has 1 aliphatic heterocycles. The van der Waals surface area contributed by atoms with E-state index < -0.39 is 11.4 Å². The lowest BCUT2D eigenvalue weighted by Crippen LogP contribution is -2.47. The molecule has 0 unspecified atom stereocenters. The number of nitrogens with zero attached hydrogens (tertiary/aromatic N) is 1. The molecule has 102 valence electrons. The SMILES string of the molecule is CCC(CC)(CN1C(=O)CCCCC1=O)C(=O)O. The highest BCUT2D eigenvalue weighted by molar-refractivity contribution is 5.96. The van der Waals surface area contributed by atoms with Crippen molar-refractivity contribution in [2.45, 2.75) is 52.4 Å². The molecule has 0 aliphatic carbocycles. The van der Waals surface area contributed by atoms with Crippen molar-refractivity contribution in [3.05, 3.63) is 0 Å². The first-order valence-electron chi connectivity index (χ1n) is 6.53. The average molecular weight is 255 g/mol. The average Bonchev–Trinajstić information content (AvgIpc) is 2.49. The Balaban J connectivity index is 2.93. The number of carboxylic acids is 1. The van der Waals surface area contributed by atoms with Gasteiger partial charge in [0.25, 0.3) is 0 Å². The molecule has 18 heavy (non-hydrogen) atoms. The van der Waals surface area contributed by atoms with Gasteiger partial charge in [0.15, 0.2) is 0 Å². The second kappa shape index (κ2) is 5.98. The van der Waals surface area contributed by atoms with Crippen LogP contribution in [-0.4, -0.2) is 34.3 Å². The highest BCUT2D eigenvalue weighted by Crippen LogP contribution is 2.29. The second-order valence-electron chi connectivity index (χ2n) is 4.87. The zero-order valence-electron chi connectivity index (χ0n) is 11.1. The number of amides is 2. The molecule has 1 rings (SSSR count). The molecule has 1 heterocycles. The third-order valence-corrected chi connectivity index (χ3v) is 3.90. The van der Waals surface area contributed by atoms with E-state index in [1.165, 1.54) is 0 Å². The Labute approximate surface area is 107 Å². The first-order valence-corrected chi connectivity index (χ1v) is 6.53. The van der Waals surface area contributed by atoms with E-state index in [9.17, 15) is 19.5 Å². The van der Waals surface area contributed by atoms with E-state index in [0.717, 1.165) is 4.90 Å². The molecular formula is C13H21NO4. The van der Waals surface area contributed by atoms with Crippen molar-refractivity contribution in [3.8, 4) is 0 Å². The Morgan fingerprint density at radius 2 is 1.61 bits per heavy atom. The van der Waals surface area contributed by atoms with E-state index in [2.05, 4.69) is 0 Å². The van der Waals surface area contributed by atoms with Crippen molar-refractivity contribution in [3.63, 3.8) is 0 Å². The molecule has 0 bridgehead atoms. The van der Waals surface area contributed by atoms with Crippen LogP contribution in [0.4, 0.5) is 0 Å². The summed E-state index contributed by atoms with van der Waals surface area (Å²) in [5, 5.41) is 9.35. The molecule has 5 nitrogen and oxygen atoms in total. The molecule has 0 atom stereocenters. The number of carboxylic acid groups (broad SMARTS) is 1. The van der Waals surface area contributed by atoms with Gasteiger partial charge in [0.2, 0.25) is 11.8 Å². The minimum atomic E-state index is -1.00. The summed E-state index contributed by atoms with van der Waals surface area (Å²) < 4.78 is 0. The van der Waals surface area contributed by atoms with Crippen molar-refractivity contribution in [1.29, 1.82) is 0 Å². The van der Waals surface area contributed by atoms with Gasteiger partial charge < -0.3 is 5.11 Å². The second-order valence-corrected chi connectivity index (χ2v) is 4.87. The number of carbonyl (C=O) groups is 3. The smallest absolute Gasteiger partial charge is 0.311 e. The van der Waals surface area contributed by atoms with Crippen LogP contribution in [0.2, 0.25) is 0 Å². The number of carbonyl (C=O) groups excluding carboxylic acids is 2. The topological polar surface area (TPSA) is 74.7 Å². The van der Waals surface area contributed by atoms with E-state index in [-0.39, 0.29) is 18.4 Å². The molecule has 0 spiro atoms. The fourth-order valence-corrected chi connectivity index (χ4v) is 2.28. The third-order valence-electron chi connectivity index (χ3n) is 3.90. The quantitative estimate of drug-likeness (QED) is 0.760. The summed E-state index contributed by atoms with van der Waals surface area (Å²) in [5.41, 5.74) is -1.00. The Morgan fingerprint density at radius 1 is 1.17 bits per heavy atom. The van der Waals surface area contributed by atoms with E-state index >= 15 is 0 Å². The lowest BCUT2D eigenvalue weighted by atomic mass is 9.81. The monoisotopic (exact) mass is 255 g/mol. The van der Waals surface area contributed by atoms with Crippen LogP contribution in [0.25, 0.3) is 0 Å². The first kappa shape index (κ1) is 14.7. The summed E-state index contributed by atoms with van der Waals surface area (Å²) >= 11 is 0. The predicted octanol–water partition coefficient (Wildman–Crippen LogP) is 1.81. The van der Waals surface area contributed by atoms with Gasteiger partial charge >= 0.3 is 5.97 Å². The van der Waals surface area contributed by atoms with Gasteiger partial charge in [-0.1, -0.05) is 13.8 Å². The molecule has 1 aliphatic rings. The molecular weight excluding hydrogens is 234 g/mol. The minimum absolute atomic E-state index is 0.00694. The van der Waals surface area contributed by atoms with Crippen molar-refractivity contribution < 1.29 is 19.5 Å². The van der Waals surface area contributed by atoms with Crippen LogP contribution in [0.3, 0.4) is 0 Å². The Morgan fingerprint density at radius 3 is 1.94 bits per heavy atom. The third kappa shape index (κ3) is 2.89. The number of likely N-dealkylation sites (tertiary alicyclic amines) is 1. The molecule has 1 N–H and O–H groups in total. The fraction of sp³-hybridized carbons (Fsp3) is 0.769. The summed E-state index contributed by atoms with van der Waals surface area (Å²) in [5.74, 6) is -1.40. The van der Waals surface area contributed by atoms with Gasteiger partial charge in [0.05, 0.1) is 5.41 Å². The normalized spacial score (nSPS) is 17.8. The van der Waals surface area contributed by atoms with E-state index in [0.29, 0.717) is 38.5 Å². The Kier molecular flexibility index (Phi) is 4.87. The van der Waals surface area contributed by atoms with E-state index in [4.69, 9.17) is 0 Å². The van der Waals surface area contributed by atoms with Crippen LogP contribution in [0, 0.1) is 5.41 Å². The predicted molar refractivity (Wildman–Crippen MR) is 65.8 cm³/mol. The summed E-state index contributed by atoms with van der Waals surface area (Å²) in [6, 6.07) is 0. The molecule has 1 fully saturated rings. The van der Waals surface area contributed by atoms with Crippen LogP contribution in [0.15, 0.2) is 0 Å². The van der Waals surface area contributed by atoms with Crippen LogP contribution in [0.5, 0.6) is 0 Å². The minimum Gasteiger partial charge on any atom is -0.481 e. The van der Waals surface area contributed by atoms with Crippen molar-refractivity contribution in [2.24, 2.45) is 5.41 Å². The standard InChI is InChI=1S/C13H21NO4/c1-3-13(4-2,12(17)18)9-14-10(15)7-5-6-8-11(14)16/h3-9H2,1-2H3,(H,17,18). The Bertz CT molecular complexity index is 329. The van der Waals surface area contributed by atoms with Crippen LogP contribution >= 0.6 is 0 Å². The highest BCUT2D eigenvalue weighted by atomic mass is 16.4. The zero-order valence-corrected chi connectivity index (χ0v) is 11.1. The van der Waals surface area contributed by atoms with E-state index in [1.807, 2.05) is 0 Å². The van der Waals surface area contributed by atoms with Gasteiger partial charge in [0.1, 0.15) is 0 Å². The molecule has 5 heteroatoms. The van der Waals surface area contributed by atoms with Crippen molar-refractivity contribution >= 4 is 17.8 Å². The van der Waals surface area contributed by atoms with Crippen LogP contribution in [-0.2, 0) is 14.4 Å². The Hall–Kier alpha value is -1.39. The van der Waals surface area contributed by atoms with Gasteiger partial charge in [0, 0.05) is 19.4 Å². The molecule has 0 radical (unpaired) electrons. The molecule has 2 amide bonds. The summed E-state index contributed by atoms with van der Waals surface area (Å²) in [4.78, 5) is 36.3. The van der Waals surface area contributed by atoms with Gasteiger partial charge in [-0.3, -0.25) is 19.3 Å². The molecule has 0 aromatic heterocycles.